The summed E-state index contributed by atoms with van der Waals surface area (Å²) in [5.74, 6) is -0.203. The molecule has 0 aromatic heterocycles. The fourth-order valence-corrected chi connectivity index (χ4v) is 2.77. The summed E-state index contributed by atoms with van der Waals surface area (Å²) < 4.78 is 0. The Bertz CT molecular complexity index is 430. The third kappa shape index (κ3) is 2.97. The minimum absolute atomic E-state index is 0.124. The molecule has 1 aliphatic rings. The predicted molar refractivity (Wildman–Crippen MR) is 74.4 cm³/mol. The lowest BCUT2D eigenvalue weighted by Gasteiger charge is -2.30. The Kier molecular flexibility index (Phi) is 4.49. The SMILES string of the molecule is CC1NCCCC1NC(=O)c1c(Cl)cccc1Cl. The highest BCUT2D eigenvalue weighted by Crippen LogP contribution is 2.24. The fraction of sp³-hybridized carbons (Fsp3) is 0.462. The van der Waals surface area contributed by atoms with Crippen LogP contribution in [0.5, 0.6) is 0 Å². The standard InChI is InChI=1S/C13H16Cl2N2O/c1-8-11(6-3-7-16-8)17-13(18)12-9(14)4-2-5-10(12)15/h2,4-5,8,11,16H,3,6-7H2,1H3,(H,17,18). The minimum atomic E-state index is -0.203. The van der Waals surface area contributed by atoms with Crippen LogP contribution in [0, 0.1) is 0 Å². The van der Waals surface area contributed by atoms with Crippen molar-refractivity contribution in [1.29, 1.82) is 0 Å². The molecule has 0 radical (unpaired) electrons. The van der Waals surface area contributed by atoms with Gasteiger partial charge in [-0.2, -0.15) is 0 Å². The molecule has 0 spiro atoms. The van der Waals surface area contributed by atoms with E-state index < -0.39 is 0 Å². The summed E-state index contributed by atoms with van der Waals surface area (Å²) in [6, 6.07) is 5.46. The molecule has 18 heavy (non-hydrogen) atoms. The van der Waals surface area contributed by atoms with Gasteiger partial charge in [0.2, 0.25) is 0 Å². The van der Waals surface area contributed by atoms with Crippen LogP contribution in [-0.2, 0) is 0 Å². The zero-order valence-electron chi connectivity index (χ0n) is 10.2. The molecule has 2 unspecified atom stereocenters. The van der Waals surface area contributed by atoms with Gasteiger partial charge in [0.05, 0.1) is 15.6 Å². The number of carbonyl (C=O) groups is 1. The average Bonchev–Trinajstić information content (AvgIpc) is 2.32. The van der Waals surface area contributed by atoms with E-state index in [0.29, 0.717) is 15.6 Å². The largest absolute Gasteiger partial charge is 0.348 e. The second-order valence-electron chi connectivity index (χ2n) is 4.56. The lowest BCUT2D eigenvalue weighted by molar-refractivity contribution is 0.0920. The maximum absolute atomic E-state index is 12.2. The third-order valence-electron chi connectivity index (χ3n) is 3.27. The number of nitrogens with one attached hydrogen (secondary N) is 2. The molecule has 98 valence electrons. The topological polar surface area (TPSA) is 41.1 Å². The molecular weight excluding hydrogens is 271 g/mol. The Hall–Kier alpha value is -0.770. The van der Waals surface area contributed by atoms with Crippen LogP contribution in [0.3, 0.4) is 0 Å². The molecule has 2 rings (SSSR count). The lowest BCUT2D eigenvalue weighted by atomic mass is 9.99. The number of piperidine rings is 1. The highest BCUT2D eigenvalue weighted by atomic mass is 35.5. The van der Waals surface area contributed by atoms with Gasteiger partial charge in [-0.3, -0.25) is 4.79 Å². The Balaban J connectivity index is 2.12. The molecule has 0 aliphatic carbocycles. The predicted octanol–water partition coefficient (Wildman–Crippen LogP) is 2.86. The molecule has 5 heteroatoms. The number of benzene rings is 1. The second-order valence-corrected chi connectivity index (χ2v) is 5.38. The maximum Gasteiger partial charge on any atom is 0.254 e. The Morgan fingerprint density at radius 2 is 2.06 bits per heavy atom. The first-order valence-corrected chi connectivity index (χ1v) is 6.83. The van der Waals surface area contributed by atoms with Crippen LogP contribution in [0.25, 0.3) is 0 Å². The zero-order chi connectivity index (χ0) is 13.1. The summed E-state index contributed by atoms with van der Waals surface area (Å²) in [6.07, 6.45) is 2.04. The van der Waals surface area contributed by atoms with E-state index in [-0.39, 0.29) is 18.0 Å². The summed E-state index contributed by atoms with van der Waals surface area (Å²) in [7, 11) is 0. The summed E-state index contributed by atoms with van der Waals surface area (Å²) >= 11 is 12.0. The van der Waals surface area contributed by atoms with Crippen molar-refractivity contribution < 1.29 is 4.79 Å². The van der Waals surface area contributed by atoms with Gasteiger partial charge in [0.15, 0.2) is 0 Å². The van der Waals surface area contributed by atoms with E-state index in [1.807, 2.05) is 0 Å². The molecule has 1 fully saturated rings. The van der Waals surface area contributed by atoms with Crippen LogP contribution in [0.1, 0.15) is 30.1 Å². The van der Waals surface area contributed by atoms with E-state index in [4.69, 9.17) is 23.2 Å². The third-order valence-corrected chi connectivity index (χ3v) is 3.90. The molecule has 0 bridgehead atoms. The summed E-state index contributed by atoms with van der Waals surface area (Å²) in [5, 5.41) is 7.10. The summed E-state index contributed by atoms with van der Waals surface area (Å²) in [6.45, 7) is 3.07. The van der Waals surface area contributed by atoms with Crippen molar-refractivity contribution in [2.45, 2.75) is 31.8 Å². The van der Waals surface area contributed by atoms with Gasteiger partial charge >= 0.3 is 0 Å². The first kappa shape index (κ1) is 13.7. The van der Waals surface area contributed by atoms with Crippen LogP contribution in [-0.4, -0.2) is 24.5 Å². The van der Waals surface area contributed by atoms with E-state index in [1.54, 1.807) is 18.2 Å². The molecule has 1 aliphatic heterocycles. The first-order chi connectivity index (χ1) is 8.59. The van der Waals surface area contributed by atoms with Crippen molar-refractivity contribution in [2.24, 2.45) is 0 Å². The van der Waals surface area contributed by atoms with Gasteiger partial charge in [-0.1, -0.05) is 29.3 Å². The van der Waals surface area contributed by atoms with Gasteiger partial charge in [0.25, 0.3) is 5.91 Å². The average molecular weight is 287 g/mol. The van der Waals surface area contributed by atoms with E-state index in [9.17, 15) is 4.79 Å². The van der Waals surface area contributed by atoms with Crippen LogP contribution < -0.4 is 10.6 Å². The number of hydrogen-bond donors (Lipinski definition) is 2. The number of rotatable bonds is 2. The van der Waals surface area contributed by atoms with Gasteiger partial charge in [0, 0.05) is 12.1 Å². The van der Waals surface area contributed by atoms with Crippen LogP contribution in [0.2, 0.25) is 10.0 Å². The number of carbonyl (C=O) groups excluding carboxylic acids is 1. The van der Waals surface area contributed by atoms with Crippen molar-refractivity contribution >= 4 is 29.1 Å². The number of halogens is 2. The quantitative estimate of drug-likeness (QED) is 0.878. The molecular formula is C13H16Cl2N2O. The van der Waals surface area contributed by atoms with E-state index in [0.717, 1.165) is 19.4 Å². The molecule has 1 aromatic rings. The summed E-state index contributed by atoms with van der Waals surface area (Å²) in [4.78, 5) is 12.2. The van der Waals surface area contributed by atoms with Gasteiger partial charge in [-0.15, -0.1) is 0 Å². The van der Waals surface area contributed by atoms with Crippen molar-refractivity contribution in [3.8, 4) is 0 Å². The Morgan fingerprint density at radius 3 is 2.67 bits per heavy atom. The van der Waals surface area contributed by atoms with Crippen molar-refractivity contribution in [2.75, 3.05) is 6.54 Å². The normalized spacial score (nSPS) is 23.7. The maximum atomic E-state index is 12.2. The van der Waals surface area contributed by atoms with Crippen molar-refractivity contribution in [1.82, 2.24) is 10.6 Å². The lowest BCUT2D eigenvalue weighted by Crippen LogP contribution is -2.52. The van der Waals surface area contributed by atoms with Gasteiger partial charge < -0.3 is 10.6 Å². The molecule has 2 atom stereocenters. The molecule has 1 aromatic carbocycles. The number of amides is 1. The molecule has 1 amide bonds. The van der Waals surface area contributed by atoms with Crippen LogP contribution >= 0.6 is 23.2 Å². The van der Waals surface area contributed by atoms with E-state index >= 15 is 0 Å². The summed E-state index contributed by atoms with van der Waals surface area (Å²) in [5.41, 5.74) is 0.360. The van der Waals surface area contributed by atoms with Crippen molar-refractivity contribution in [3.05, 3.63) is 33.8 Å². The number of hydrogen-bond acceptors (Lipinski definition) is 2. The van der Waals surface area contributed by atoms with Crippen molar-refractivity contribution in [3.63, 3.8) is 0 Å². The molecule has 3 nitrogen and oxygen atoms in total. The zero-order valence-corrected chi connectivity index (χ0v) is 11.7. The monoisotopic (exact) mass is 286 g/mol. The minimum Gasteiger partial charge on any atom is -0.348 e. The van der Waals surface area contributed by atoms with Gasteiger partial charge in [0.1, 0.15) is 0 Å². The smallest absolute Gasteiger partial charge is 0.254 e. The Labute approximate surface area is 117 Å². The highest BCUT2D eigenvalue weighted by Gasteiger charge is 2.24. The molecule has 0 saturated carbocycles. The van der Waals surface area contributed by atoms with Gasteiger partial charge in [-0.05, 0) is 38.4 Å². The van der Waals surface area contributed by atoms with E-state index in [1.165, 1.54) is 0 Å². The van der Waals surface area contributed by atoms with E-state index in [2.05, 4.69) is 17.6 Å². The first-order valence-electron chi connectivity index (χ1n) is 6.08. The van der Waals surface area contributed by atoms with Gasteiger partial charge in [-0.25, -0.2) is 0 Å². The van der Waals surface area contributed by atoms with Crippen LogP contribution in [0.4, 0.5) is 0 Å². The second kappa shape index (κ2) is 5.91. The highest BCUT2D eigenvalue weighted by molar-refractivity contribution is 6.39. The molecule has 1 heterocycles. The molecule has 2 N–H and O–H groups in total. The van der Waals surface area contributed by atoms with Crippen LogP contribution in [0.15, 0.2) is 18.2 Å². The Morgan fingerprint density at radius 1 is 1.39 bits per heavy atom. The fourth-order valence-electron chi connectivity index (χ4n) is 2.20. The molecule has 1 saturated heterocycles.